The van der Waals surface area contributed by atoms with E-state index in [1.165, 1.54) is 41.2 Å². The first kappa shape index (κ1) is 25.4. The summed E-state index contributed by atoms with van der Waals surface area (Å²) in [5.74, 6) is -1.72. The van der Waals surface area contributed by atoms with Crippen molar-refractivity contribution in [3.63, 3.8) is 0 Å². The van der Waals surface area contributed by atoms with E-state index in [1.54, 1.807) is 24.3 Å². The monoisotopic (exact) mass is 552 g/mol. The molecule has 1 atom stereocenters. The summed E-state index contributed by atoms with van der Waals surface area (Å²) in [6.07, 6.45) is 1.58. The molecule has 2 aromatic carbocycles. The number of para-hydroxylation sites is 1. The smallest absolute Gasteiger partial charge is 0.272 e. The quantitative estimate of drug-likeness (QED) is 0.330. The van der Waals surface area contributed by atoms with Gasteiger partial charge in [-0.25, -0.2) is 9.07 Å². The molecule has 1 aliphatic rings. The summed E-state index contributed by atoms with van der Waals surface area (Å²) in [5.41, 5.74) is 0.783. The Morgan fingerprint density at radius 1 is 1.03 bits per heavy atom. The summed E-state index contributed by atoms with van der Waals surface area (Å²) >= 11 is 12.6. The fourth-order valence-electron chi connectivity index (χ4n) is 3.99. The van der Waals surface area contributed by atoms with Crippen LogP contribution < -0.4 is 16.0 Å². The highest BCUT2D eigenvalue weighted by Gasteiger charge is 2.26. The molecule has 3 heterocycles. The van der Waals surface area contributed by atoms with Crippen LogP contribution in [0.15, 0.2) is 66.9 Å². The average molecular weight is 553 g/mol. The van der Waals surface area contributed by atoms with Crippen LogP contribution in [-0.4, -0.2) is 45.1 Å². The SMILES string of the molecule is O=C1C[C@H](NC(=O)c2cc(NC(=O)c3cc(-c4ncccc4F)c(Cl)cc3Cl)n(-c3ccccc3)n2)CN1. The van der Waals surface area contributed by atoms with Crippen molar-refractivity contribution in [2.45, 2.75) is 12.5 Å². The number of anilines is 1. The van der Waals surface area contributed by atoms with E-state index in [0.29, 0.717) is 12.2 Å². The number of benzene rings is 2. The molecule has 0 unspecified atom stereocenters. The van der Waals surface area contributed by atoms with E-state index in [1.807, 2.05) is 6.07 Å². The van der Waals surface area contributed by atoms with Gasteiger partial charge in [0.1, 0.15) is 17.3 Å². The van der Waals surface area contributed by atoms with Gasteiger partial charge < -0.3 is 16.0 Å². The van der Waals surface area contributed by atoms with E-state index >= 15 is 0 Å². The number of hydrogen-bond acceptors (Lipinski definition) is 5. The molecule has 0 saturated carbocycles. The normalized spacial score (nSPS) is 14.7. The van der Waals surface area contributed by atoms with Gasteiger partial charge in [0.05, 0.1) is 27.3 Å². The van der Waals surface area contributed by atoms with Crippen LogP contribution in [-0.2, 0) is 4.79 Å². The van der Waals surface area contributed by atoms with Crippen LogP contribution in [0.25, 0.3) is 16.9 Å². The van der Waals surface area contributed by atoms with Crippen molar-refractivity contribution in [2.75, 3.05) is 11.9 Å². The fraction of sp³-hybridized carbons (Fsp3) is 0.115. The maximum Gasteiger partial charge on any atom is 0.272 e. The molecule has 1 saturated heterocycles. The van der Waals surface area contributed by atoms with Crippen molar-refractivity contribution in [3.05, 3.63) is 94.0 Å². The number of aromatic nitrogens is 3. The number of nitrogens with one attached hydrogen (secondary N) is 3. The number of pyridine rings is 1. The molecule has 38 heavy (non-hydrogen) atoms. The summed E-state index contributed by atoms with van der Waals surface area (Å²) in [5, 5.41) is 12.7. The minimum Gasteiger partial charge on any atom is -0.354 e. The molecule has 5 rings (SSSR count). The minimum absolute atomic E-state index is 0.0125. The second kappa shape index (κ2) is 10.6. The minimum atomic E-state index is -0.640. The second-order valence-corrected chi connectivity index (χ2v) is 9.26. The highest BCUT2D eigenvalue weighted by molar-refractivity contribution is 6.38. The number of nitrogens with zero attached hydrogens (tertiary/aromatic N) is 3. The number of carbonyl (C=O) groups excluding carboxylic acids is 3. The number of halogens is 3. The van der Waals surface area contributed by atoms with Gasteiger partial charge in [-0.05, 0) is 36.4 Å². The standard InChI is InChI=1S/C26H19Cl2FN6O3/c27-18-11-19(28)17(10-16(18)24-20(29)7-4-8-30-24)25(37)33-22-12-21(26(38)32-14-9-23(36)31-13-14)34-35(22)15-5-2-1-3-6-15/h1-8,10-12,14H,9,13H2,(H,31,36)(H,32,38)(H,33,37)/t14-/m0/s1. The molecule has 0 radical (unpaired) electrons. The number of amides is 3. The first-order chi connectivity index (χ1) is 18.3. The second-order valence-electron chi connectivity index (χ2n) is 8.44. The fourth-order valence-corrected chi connectivity index (χ4v) is 4.54. The van der Waals surface area contributed by atoms with Gasteiger partial charge in [0, 0.05) is 30.8 Å². The molecule has 3 N–H and O–H groups in total. The van der Waals surface area contributed by atoms with E-state index in [2.05, 4.69) is 26.0 Å². The van der Waals surface area contributed by atoms with Crippen molar-refractivity contribution in [1.29, 1.82) is 0 Å². The first-order valence-electron chi connectivity index (χ1n) is 11.4. The molecule has 0 spiro atoms. The topological polar surface area (TPSA) is 118 Å². The Labute approximate surface area is 226 Å². The first-order valence-corrected chi connectivity index (χ1v) is 12.2. The number of rotatable bonds is 6. The molecule has 1 fully saturated rings. The molecule has 0 bridgehead atoms. The van der Waals surface area contributed by atoms with Crippen molar-refractivity contribution >= 4 is 46.7 Å². The largest absolute Gasteiger partial charge is 0.354 e. The third-order valence-electron chi connectivity index (χ3n) is 5.81. The lowest BCUT2D eigenvalue weighted by molar-refractivity contribution is -0.119. The van der Waals surface area contributed by atoms with Crippen molar-refractivity contribution in [2.24, 2.45) is 0 Å². The molecule has 9 nitrogen and oxygen atoms in total. The van der Waals surface area contributed by atoms with Crippen LogP contribution in [0, 0.1) is 5.82 Å². The number of hydrogen-bond donors (Lipinski definition) is 3. The Kier molecular flexibility index (Phi) is 7.08. The summed E-state index contributed by atoms with van der Waals surface area (Å²) in [6.45, 7) is 0.321. The molecular weight excluding hydrogens is 534 g/mol. The summed E-state index contributed by atoms with van der Waals surface area (Å²) in [4.78, 5) is 41.7. The lowest BCUT2D eigenvalue weighted by Gasteiger charge is -2.12. The molecule has 1 aliphatic heterocycles. The molecule has 2 aromatic heterocycles. The van der Waals surface area contributed by atoms with Crippen LogP contribution in [0.2, 0.25) is 10.0 Å². The Morgan fingerprint density at radius 2 is 1.82 bits per heavy atom. The third-order valence-corrected chi connectivity index (χ3v) is 6.44. The molecule has 3 amide bonds. The molecule has 4 aromatic rings. The van der Waals surface area contributed by atoms with Gasteiger partial charge in [-0.15, -0.1) is 0 Å². The Hall–Kier alpha value is -4.28. The molecular formula is C26H19Cl2FN6O3. The Bertz CT molecular complexity index is 1560. The lowest BCUT2D eigenvalue weighted by atomic mass is 10.1. The van der Waals surface area contributed by atoms with E-state index in [-0.39, 0.29) is 56.7 Å². The zero-order valence-corrected chi connectivity index (χ0v) is 21.1. The van der Waals surface area contributed by atoms with Crippen molar-refractivity contribution < 1.29 is 18.8 Å². The summed E-state index contributed by atoms with van der Waals surface area (Å²) in [7, 11) is 0. The van der Waals surface area contributed by atoms with E-state index < -0.39 is 17.6 Å². The van der Waals surface area contributed by atoms with Crippen molar-refractivity contribution in [1.82, 2.24) is 25.4 Å². The van der Waals surface area contributed by atoms with Gasteiger partial charge in [0.25, 0.3) is 11.8 Å². The van der Waals surface area contributed by atoms with Gasteiger partial charge >= 0.3 is 0 Å². The zero-order chi connectivity index (χ0) is 26.8. The molecule has 192 valence electrons. The predicted octanol–water partition coefficient (Wildman–Crippen LogP) is 4.25. The summed E-state index contributed by atoms with van der Waals surface area (Å²) in [6, 6.07) is 15.3. The van der Waals surface area contributed by atoms with Gasteiger partial charge in [0.15, 0.2) is 5.69 Å². The molecule has 0 aliphatic carbocycles. The van der Waals surface area contributed by atoms with E-state index in [9.17, 15) is 18.8 Å². The zero-order valence-electron chi connectivity index (χ0n) is 19.5. The van der Waals surface area contributed by atoms with Crippen LogP contribution in [0.5, 0.6) is 0 Å². The van der Waals surface area contributed by atoms with Gasteiger partial charge in [-0.3, -0.25) is 19.4 Å². The lowest BCUT2D eigenvalue weighted by Crippen LogP contribution is -2.36. The number of carbonyl (C=O) groups is 3. The Balaban J connectivity index is 1.48. The van der Waals surface area contributed by atoms with Gasteiger partial charge in [-0.1, -0.05) is 41.4 Å². The molecule has 12 heteroatoms. The Morgan fingerprint density at radius 3 is 2.53 bits per heavy atom. The van der Waals surface area contributed by atoms with Crippen LogP contribution in [0.1, 0.15) is 27.3 Å². The van der Waals surface area contributed by atoms with Crippen LogP contribution in [0.3, 0.4) is 0 Å². The van der Waals surface area contributed by atoms with Crippen LogP contribution >= 0.6 is 23.2 Å². The predicted molar refractivity (Wildman–Crippen MR) is 140 cm³/mol. The van der Waals surface area contributed by atoms with Gasteiger partial charge in [0.2, 0.25) is 5.91 Å². The highest BCUT2D eigenvalue weighted by Crippen LogP contribution is 2.33. The van der Waals surface area contributed by atoms with E-state index in [0.717, 1.165) is 0 Å². The third kappa shape index (κ3) is 5.22. The van der Waals surface area contributed by atoms with E-state index in [4.69, 9.17) is 23.2 Å². The maximum absolute atomic E-state index is 14.4. The van der Waals surface area contributed by atoms with Crippen molar-refractivity contribution in [3.8, 4) is 16.9 Å². The van der Waals surface area contributed by atoms with Crippen LogP contribution in [0.4, 0.5) is 10.2 Å². The highest BCUT2D eigenvalue weighted by atomic mass is 35.5. The maximum atomic E-state index is 14.4. The summed E-state index contributed by atoms with van der Waals surface area (Å²) < 4.78 is 15.8. The average Bonchev–Trinajstić information content (AvgIpc) is 3.51. The van der Waals surface area contributed by atoms with Gasteiger partial charge in [-0.2, -0.15) is 5.10 Å².